The van der Waals surface area contributed by atoms with Gasteiger partial charge in [0.05, 0.1) is 6.54 Å². The summed E-state index contributed by atoms with van der Waals surface area (Å²) in [6, 6.07) is 0. The maximum absolute atomic E-state index is 11.3. The highest BCUT2D eigenvalue weighted by atomic mass is 16.6. The topological polar surface area (TPSA) is 41.6 Å². The fourth-order valence-electron chi connectivity index (χ4n) is 2.23. The third kappa shape index (κ3) is 1.85. The summed E-state index contributed by atoms with van der Waals surface area (Å²) in [6.07, 6.45) is 2.37. The molecule has 0 radical (unpaired) electrons. The van der Waals surface area contributed by atoms with Gasteiger partial charge in [-0.1, -0.05) is 0 Å². The number of rotatable bonds is 2. The highest BCUT2D eigenvalue weighted by Gasteiger charge is 2.35. The number of piperidine rings is 1. The molecule has 14 heavy (non-hydrogen) atoms. The van der Waals surface area contributed by atoms with Gasteiger partial charge in [-0.15, -0.1) is 0 Å². The molecule has 1 N–H and O–H groups in total. The second-order valence-corrected chi connectivity index (χ2v) is 4.07. The van der Waals surface area contributed by atoms with E-state index in [0.29, 0.717) is 5.92 Å². The highest BCUT2D eigenvalue weighted by molar-refractivity contribution is 5.69. The summed E-state index contributed by atoms with van der Waals surface area (Å²) in [5.74, 6) is 0.518. The molecule has 2 atom stereocenters. The standard InChI is InChI=1S/C10H18N2O2/c1-2-12-7-9(14-10(12)13)8-4-3-5-11-6-8/h8-9,11H,2-7H2,1H3. The third-order valence-corrected chi connectivity index (χ3v) is 3.15. The Morgan fingerprint density at radius 2 is 2.50 bits per heavy atom. The number of hydrogen-bond acceptors (Lipinski definition) is 3. The molecule has 4 nitrogen and oxygen atoms in total. The summed E-state index contributed by atoms with van der Waals surface area (Å²) in [7, 11) is 0. The fourth-order valence-corrected chi connectivity index (χ4v) is 2.23. The number of likely N-dealkylation sites (N-methyl/N-ethyl adjacent to an activating group) is 1. The van der Waals surface area contributed by atoms with Crippen molar-refractivity contribution in [1.29, 1.82) is 0 Å². The minimum absolute atomic E-state index is 0.121. The average molecular weight is 198 g/mol. The lowest BCUT2D eigenvalue weighted by atomic mass is 9.94. The van der Waals surface area contributed by atoms with Crippen LogP contribution >= 0.6 is 0 Å². The van der Waals surface area contributed by atoms with Crippen molar-refractivity contribution in [3.8, 4) is 0 Å². The number of carbonyl (C=O) groups excluding carboxylic acids is 1. The van der Waals surface area contributed by atoms with E-state index in [1.165, 1.54) is 12.8 Å². The van der Waals surface area contributed by atoms with Gasteiger partial charge in [0.2, 0.25) is 0 Å². The average Bonchev–Trinajstić information content (AvgIpc) is 2.61. The molecule has 2 aliphatic heterocycles. The molecule has 2 aliphatic rings. The van der Waals surface area contributed by atoms with Crippen LogP contribution in [0.4, 0.5) is 4.79 Å². The second kappa shape index (κ2) is 4.17. The Bertz CT molecular complexity index is 214. The molecule has 0 saturated carbocycles. The van der Waals surface area contributed by atoms with Gasteiger partial charge in [-0.2, -0.15) is 0 Å². The zero-order valence-electron chi connectivity index (χ0n) is 8.66. The number of ether oxygens (including phenoxy) is 1. The molecule has 2 fully saturated rings. The molecule has 2 heterocycles. The Kier molecular flexibility index (Phi) is 2.91. The van der Waals surface area contributed by atoms with E-state index in [2.05, 4.69) is 5.32 Å². The minimum Gasteiger partial charge on any atom is -0.444 e. The van der Waals surface area contributed by atoms with E-state index in [-0.39, 0.29) is 12.2 Å². The first-order valence-corrected chi connectivity index (χ1v) is 5.47. The van der Waals surface area contributed by atoms with Gasteiger partial charge in [0, 0.05) is 19.0 Å². The van der Waals surface area contributed by atoms with Crippen LogP contribution in [0.1, 0.15) is 19.8 Å². The molecule has 2 unspecified atom stereocenters. The number of cyclic esters (lactones) is 1. The van der Waals surface area contributed by atoms with Crippen molar-refractivity contribution >= 4 is 6.09 Å². The molecule has 0 aliphatic carbocycles. The van der Waals surface area contributed by atoms with Gasteiger partial charge >= 0.3 is 6.09 Å². The molecular weight excluding hydrogens is 180 g/mol. The molecule has 80 valence electrons. The zero-order chi connectivity index (χ0) is 9.97. The summed E-state index contributed by atoms with van der Waals surface area (Å²) in [6.45, 7) is 5.63. The van der Waals surface area contributed by atoms with Crippen LogP contribution in [-0.2, 0) is 4.74 Å². The van der Waals surface area contributed by atoms with Gasteiger partial charge in [0.25, 0.3) is 0 Å². The van der Waals surface area contributed by atoms with Crippen LogP contribution in [0.5, 0.6) is 0 Å². The van der Waals surface area contributed by atoms with Crippen molar-refractivity contribution in [3.05, 3.63) is 0 Å². The summed E-state index contributed by atoms with van der Waals surface area (Å²) in [5, 5.41) is 3.35. The molecule has 4 heteroatoms. The van der Waals surface area contributed by atoms with E-state index in [9.17, 15) is 4.79 Å². The second-order valence-electron chi connectivity index (χ2n) is 4.07. The Morgan fingerprint density at radius 1 is 1.64 bits per heavy atom. The molecule has 2 saturated heterocycles. The predicted octanol–water partition coefficient (Wildman–Crippen LogP) is 0.827. The quantitative estimate of drug-likeness (QED) is 0.714. The Labute approximate surface area is 84.6 Å². The van der Waals surface area contributed by atoms with Crippen molar-refractivity contribution in [2.24, 2.45) is 5.92 Å². The number of hydrogen-bond donors (Lipinski definition) is 1. The Morgan fingerprint density at radius 3 is 3.07 bits per heavy atom. The van der Waals surface area contributed by atoms with Crippen LogP contribution in [0.15, 0.2) is 0 Å². The van der Waals surface area contributed by atoms with Gasteiger partial charge < -0.3 is 15.0 Å². The Hall–Kier alpha value is -0.770. The first kappa shape index (κ1) is 9.77. The lowest BCUT2D eigenvalue weighted by molar-refractivity contribution is 0.0928. The molecule has 2 rings (SSSR count). The van der Waals surface area contributed by atoms with Crippen molar-refractivity contribution in [2.45, 2.75) is 25.9 Å². The van der Waals surface area contributed by atoms with Gasteiger partial charge in [0.1, 0.15) is 6.10 Å². The Balaban J connectivity index is 1.90. The number of nitrogens with zero attached hydrogens (tertiary/aromatic N) is 1. The van der Waals surface area contributed by atoms with E-state index < -0.39 is 0 Å². The van der Waals surface area contributed by atoms with Crippen molar-refractivity contribution in [3.63, 3.8) is 0 Å². The summed E-state index contributed by atoms with van der Waals surface area (Å²) in [5.41, 5.74) is 0. The summed E-state index contributed by atoms with van der Waals surface area (Å²) in [4.78, 5) is 13.1. The number of nitrogens with one attached hydrogen (secondary N) is 1. The highest BCUT2D eigenvalue weighted by Crippen LogP contribution is 2.23. The third-order valence-electron chi connectivity index (χ3n) is 3.15. The molecule has 0 aromatic heterocycles. The number of carbonyl (C=O) groups is 1. The molecular formula is C10H18N2O2. The van der Waals surface area contributed by atoms with Gasteiger partial charge in [-0.3, -0.25) is 0 Å². The van der Waals surface area contributed by atoms with Crippen LogP contribution in [0.2, 0.25) is 0 Å². The maximum Gasteiger partial charge on any atom is 0.410 e. The summed E-state index contributed by atoms with van der Waals surface area (Å²) >= 11 is 0. The number of amides is 1. The minimum atomic E-state index is -0.136. The van der Waals surface area contributed by atoms with Crippen molar-refractivity contribution in [1.82, 2.24) is 10.2 Å². The smallest absolute Gasteiger partial charge is 0.410 e. The van der Waals surface area contributed by atoms with Crippen LogP contribution in [0.25, 0.3) is 0 Å². The molecule has 0 bridgehead atoms. The lowest BCUT2D eigenvalue weighted by Crippen LogP contribution is -2.38. The molecule has 0 aromatic rings. The van der Waals surface area contributed by atoms with Crippen LogP contribution in [0.3, 0.4) is 0 Å². The zero-order valence-corrected chi connectivity index (χ0v) is 8.66. The lowest BCUT2D eigenvalue weighted by Gasteiger charge is -2.26. The largest absolute Gasteiger partial charge is 0.444 e. The van der Waals surface area contributed by atoms with Gasteiger partial charge in [-0.25, -0.2) is 4.79 Å². The SMILES string of the molecule is CCN1CC(C2CCCNC2)OC1=O. The molecule has 1 amide bonds. The molecule has 0 aromatic carbocycles. The normalized spacial score (nSPS) is 33.2. The fraction of sp³-hybridized carbons (Fsp3) is 0.900. The van der Waals surface area contributed by atoms with Crippen LogP contribution < -0.4 is 5.32 Å². The maximum atomic E-state index is 11.3. The van der Waals surface area contributed by atoms with E-state index in [0.717, 1.165) is 26.2 Å². The van der Waals surface area contributed by atoms with Gasteiger partial charge in [0.15, 0.2) is 0 Å². The van der Waals surface area contributed by atoms with Crippen molar-refractivity contribution < 1.29 is 9.53 Å². The first-order valence-electron chi connectivity index (χ1n) is 5.47. The first-order chi connectivity index (χ1) is 6.81. The van der Waals surface area contributed by atoms with E-state index in [1.54, 1.807) is 4.90 Å². The molecule has 0 spiro atoms. The van der Waals surface area contributed by atoms with Gasteiger partial charge in [-0.05, 0) is 26.3 Å². The van der Waals surface area contributed by atoms with E-state index >= 15 is 0 Å². The predicted molar refractivity (Wildman–Crippen MR) is 53.1 cm³/mol. The van der Waals surface area contributed by atoms with Crippen LogP contribution in [-0.4, -0.2) is 43.3 Å². The van der Waals surface area contributed by atoms with Crippen molar-refractivity contribution in [2.75, 3.05) is 26.2 Å². The summed E-state index contributed by atoms with van der Waals surface area (Å²) < 4.78 is 5.35. The monoisotopic (exact) mass is 198 g/mol. The van der Waals surface area contributed by atoms with E-state index in [1.807, 2.05) is 6.92 Å². The van der Waals surface area contributed by atoms with Crippen LogP contribution in [0, 0.1) is 5.92 Å². The van der Waals surface area contributed by atoms with E-state index in [4.69, 9.17) is 4.74 Å².